The van der Waals surface area contributed by atoms with Gasteiger partial charge in [-0.15, -0.1) is 0 Å². The molecule has 1 saturated heterocycles. The van der Waals surface area contributed by atoms with E-state index in [1.54, 1.807) is 0 Å². The van der Waals surface area contributed by atoms with Crippen molar-refractivity contribution in [3.05, 3.63) is 0 Å². The predicted octanol–water partition coefficient (Wildman–Crippen LogP) is 1.15. The van der Waals surface area contributed by atoms with Gasteiger partial charge in [-0.3, -0.25) is 4.99 Å². The molecule has 0 aromatic rings. The first-order valence-electron chi connectivity index (χ1n) is 4.79. The molecule has 2 N–H and O–H groups in total. The second-order valence-electron chi connectivity index (χ2n) is 3.70. The Labute approximate surface area is 84.8 Å². The Bertz CT molecular complexity index is 191. The zero-order valence-corrected chi connectivity index (χ0v) is 9.47. The summed E-state index contributed by atoms with van der Waals surface area (Å²) < 4.78 is 0. The van der Waals surface area contributed by atoms with Crippen LogP contribution in [0, 0.1) is 0 Å². The number of rotatable bonds is 1. The van der Waals surface area contributed by atoms with Crippen LogP contribution in [0.15, 0.2) is 4.99 Å². The highest BCUT2D eigenvalue weighted by Gasteiger charge is 2.19. The Balaban J connectivity index is 2.58. The molecule has 76 valence electrons. The van der Waals surface area contributed by atoms with Gasteiger partial charge >= 0.3 is 0 Å². The molecule has 4 heteroatoms. The van der Waals surface area contributed by atoms with E-state index in [2.05, 4.69) is 30.7 Å². The topological polar surface area (TPSA) is 41.6 Å². The van der Waals surface area contributed by atoms with Crippen LogP contribution in [0.5, 0.6) is 0 Å². The molecule has 1 heterocycles. The highest BCUT2D eigenvalue weighted by molar-refractivity contribution is 7.99. The van der Waals surface area contributed by atoms with E-state index in [0.717, 1.165) is 12.3 Å². The largest absolute Gasteiger partial charge is 0.370 e. The van der Waals surface area contributed by atoms with Crippen LogP contribution in [-0.2, 0) is 0 Å². The van der Waals surface area contributed by atoms with Crippen LogP contribution >= 0.6 is 11.8 Å². The van der Waals surface area contributed by atoms with Crippen molar-refractivity contribution < 1.29 is 0 Å². The number of hydrogen-bond donors (Lipinski definition) is 1. The van der Waals surface area contributed by atoms with Gasteiger partial charge < -0.3 is 10.6 Å². The summed E-state index contributed by atoms with van der Waals surface area (Å²) in [5.41, 5.74) is 5.91. The first kappa shape index (κ1) is 10.7. The molecule has 1 aliphatic heterocycles. The Kier molecular flexibility index (Phi) is 3.90. The van der Waals surface area contributed by atoms with Gasteiger partial charge in [0.2, 0.25) is 0 Å². The minimum atomic E-state index is 0.293. The monoisotopic (exact) mass is 201 g/mol. The maximum atomic E-state index is 5.91. The minimum absolute atomic E-state index is 0.293. The first-order chi connectivity index (χ1) is 6.11. The van der Waals surface area contributed by atoms with Gasteiger partial charge in [0.05, 0.1) is 0 Å². The number of nitrogens with two attached hydrogens (primary N) is 1. The molecule has 1 fully saturated rings. The third-order valence-corrected chi connectivity index (χ3v) is 3.24. The summed E-state index contributed by atoms with van der Waals surface area (Å²) in [5.74, 6) is 3.04. The molecule has 1 unspecified atom stereocenters. The van der Waals surface area contributed by atoms with Crippen molar-refractivity contribution in [3.63, 3.8) is 0 Å². The Morgan fingerprint density at radius 3 is 2.85 bits per heavy atom. The van der Waals surface area contributed by atoms with Gasteiger partial charge in [-0.2, -0.15) is 11.8 Å². The van der Waals surface area contributed by atoms with E-state index >= 15 is 0 Å². The number of hydrogen-bond acceptors (Lipinski definition) is 2. The van der Waals surface area contributed by atoms with Gasteiger partial charge in [0.1, 0.15) is 0 Å². The van der Waals surface area contributed by atoms with Crippen molar-refractivity contribution in [1.82, 2.24) is 4.90 Å². The van der Waals surface area contributed by atoms with Crippen LogP contribution in [0.3, 0.4) is 0 Å². The molecule has 0 saturated carbocycles. The van der Waals surface area contributed by atoms with Crippen LogP contribution in [0.4, 0.5) is 0 Å². The molecule has 0 aromatic carbocycles. The van der Waals surface area contributed by atoms with Gasteiger partial charge in [-0.1, -0.05) is 0 Å². The molecular formula is C9H19N3S. The first-order valence-corrected chi connectivity index (χ1v) is 5.94. The summed E-state index contributed by atoms with van der Waals surface area (Å²) >= 11 is 1.99. The van der Waals surface area contributed by atoms with Gasteiger partial charge in [0, 0.05) is 30.1 Å². The van der Waals surface area contributed by atoms with Gasteiger partial charge in [-0.25, -0.2) is 0 Å². The number of aliphatic imine (C=N–C) groups is 1. The highest BCUT2D eigenvalue weighted by atomic mass is 32.2. The fourth-order valence-corrected chi connectivity index (χ4v) is 2.42. The van der Waals surface area contributed by atoms with Crippen molar-refractivity contribution >= 4 is 17.7 Å². The maximum Gasteiger partial charge on any atom is 0.191 e. The quantitative estimate of drug-likeness (QED) is 0.511. The lowest BCUT2D eigenvalue weighted by atomic mass is 10.3. The molecule has 13 heavy (non-hydrogen) atoms. The summed E-state index contributed by atoms with van der Waals surface area (Å²) in [6.07, 6.45) is 0. The highest BCUT2D eigenvalue weighted by Crippen LogP contribution is 2.15. The van der Waals surface area contributed by atoms with Gasteiger partial charge in [0.15, 0.2) is 5.96 Å². The average Bonchev–Trinajstić information content (AvgIpc) is 2.03. The van der Waals surface area contributed by atoms with E-state index in [0.29, 0.717) is 18.0 Å². The summed E-state index contributed by atoms with van der Waals surface area (Å²) in [6.45, 7) is 7.34. The third-order valence-electron chi connectivity index (χ3n) is 2.05. The Morgan fingerprint density at radius 1 is 1.62 bits per heavy atom. The molecule has 1 aliphatic rings. The molecule has 0 amide bonds. The molecule has 0 aromatic heterocycles. The van der Waals surface area contributed by atoms with Crippen LogP contribution < -0.4 is 5.73 Å². The van der Waals surface area contributed by atoms with Crippen molar-refractivity contribution in [3.8, 4) is 0 Å². The van der Waals surface area contributed by atoms with E-state index in [4.69, 9.17) is 5.73 Å². The molecule has 1 atom stereocenters. The third kappa shape index (κ3) is 3.10. The lowest BCUT2D eigenvalue weighted by Gasteiger charge is -2.34. The summed E-state index contributed by atoms with van der Waals surface area (Å²) in [5, 5.41) is 0. The minimum Gasteiger partial charge on any atom is -0.370 e. The van der Waals surface area contributed by atoms with Crippen molar-refractivity contribution in [2.45, 2.75) is 32.9 Å². The van der Waals surface area contributed by atoms with Crippen LogP contribution in [0.25, 0.3) is 0 Å². The van der Waals surface area contributed by atoms with E-state index in [1.165, 1.54) is 5.75 Å². The Hall–Kier alpha value is -0.380. The van der Waals surface area contributed by atoms with Gasteiger partial charge in [0.25, 0.3) is 0 Å². The van der Waals surface area contributed by atoms with Gasteiger partial charge in [-0.05, 0) is 20.8 Å². The summed E-state index contributed by atoms with van der Waals surface area (Å²) in [6, 6.07) is 0.822. The maximum absolute atomic E-state index is 5.91. The van der Waals surface area contributed by atoms with E-state index < -0.39 is 0 Å². The van der Waals surface area contributed by atoms with Crippen LogP contribution in [0.2, 0.25) is 0 Å². The molecule has 0 radical (unpaired) electrons. The predicted molar refractivity (Wildman–Crippen MR) is 60.3 cm³/mol. The number of thioether (sulfide) groups is 1. The van der Waals surface area contributed by atoms with Crippen molar-refractivity contribution in [2.75, 3.05) is 18.1 Å². The normalized spacial score (nSPS) is 25.4. The SMILES string of the molecule is CC(C)N=C(N)N1CCSCC1C. The van der Waals surface area contributed by atoms with Crippen LogP contribution in [-0.4, -0.2) is 41.0 Å². The molecule has 0 bridgehead atoms. The van der Waals surface area contributed by atoms with Crippen molar-refractivity contribution in [2.24, 2.45) is 10.7 Å². The molecule has 0 aliphatic carbocycles. The number of nitrogens with zero attached hydrogens (tertiary/aromatic N) is 2. The lowest BCUT2D eigenvalue weighted by molar-refractivity contribution is 0.359. The zero-order chi connectivity index (χ0) is 9.84. The molecular weight excluding hydrogens is 182 g/mol. The summed E-state index contributed by atoms with van der Waals surface area (Å²) in [4.78, 5) is 6.57. The van der Waals surface area contributed by atoms with Crippen molar-refractivity contribution in [1.29, 1.82) is 0 Å². The standard InChI is InChI=1S/C9H19N3S/c1-7(2)11-9(10)12-4-5-13-6-8(12)3/h7-8H,4-6H2,1-3H3,(H2,10,11). The number of guanidine groups is 1. The fraction of sp³-hybridized carbons (Fsp3) is 0.889. The average molecular weight is 201 g/mol. The van der Waals surface area contributed by atoms with E-state index in [9.17, 15) is 0 Å². The smallest absolute Gasteiger partial charge is 0.191 e. The summed E-state index contributed by atoms with van der Waals surface area (Å²) in [7, 11) is 0. The molecule has 0 spiro atoms. The fourth-order valence-electron chi connectivity index (χ4n) is 1.41. The zero-order valence-electron chi connectivity index (χ0n) is 8.66. The van der Waals surface area contributed by atoms with Crippen LogP contribution in [0.1, 0.15) is 20.8 Å². The van der Waals surface area contributed by atoms with E-state index in [1.807, 2.05) is 11.8 Å². The van der Waals surface area contributed by atoms with E-state index in [-0.39, 0.29) is 0 Å². The molecule has 1 rings (SSSR count). The second kappa shape index (κ2) is 4.74. The second-order valence-corrected chi connectivity index (χ2v) is 4.85. The lowest BCUT2D eigenvalue weighted by Crippen LogP contribution is -2.48. The molecule has 3 nitrogen and oxygen atoms in total. The Morgan fingerprint density at radius 2 is 2.31 bits per heavy atom.